The average Bonchev–Trinajstić information content (AvgIpc) is 2.55. The molecule has 1 aliphatic heterocycles. The third-order valence-corrected chi connectivity index (χ3v) is 2.58. The van der Waals surface area contributed by atoms with Crippen molar-refractivity contribution in [1.29, 1.82) is 0 Å². The summed E-state index contributed by atoms with van der Waals surface area (Å²) >= 11 is 0. The first-order valence-corrected chi connectivity index (χ1v) is 5.71. The standard InChI is InChI=1S/C11H16N2O5/c1-3-18-10(16)5-4-8(14)12-7-6-9(15)13(2)11(7)17/h7H,3-6H2,1-2H3,(H,12,14). The number of rotatable bonds is 5. The Labute approximate surface area is 104 Å². The Morgan fingerprint density at radius 3 is 2.56 bits per heavy atom. The minimum absolute atomic E-state index is 0.0273. The molecular formula is C11H16N2O5. The van der Waals surface area contributed by atoms with Crippen molar-refractivity contribution >= 4 is 23.7 Å². The van der Waals surface area contributed by atoms with Crippen LogP contribution in [0.15, 0.2) is 0 Å². The van der Waals surface area contributed by atoms with Gasteiger partial charge in [0.15, 0.2) is 0 Å². The van der Waals surface area contributed by atoms with Gasteiger partial charge in [0, 0.05) is 13.5 Å². The number of nitrogens with zero attached hydrogens (tertiary/aromatic N) is 1. The van der Waals surface area contributed by atoms with Crippen molar-refractivity contribution in [1.82, 2.24) is 10.2 Å². The Bertz CT molecular complexity index is 380. The van der Waals surface area contributed by atoms with Crippen molar-refractivity contribution in [3.63, 3.8) is 0 Å². The second-order valence-electron chi connectivity index (χ2n) is 3.92. The second kappa shape index (κ2) is 6.13. The first-order valence-electron chi connectivity index (χ1n) is 5.71. The highest BCUT2D eigenvalue weighted by molar-refractivity contribution is 6.06. The van der Waals surface area contributed by atoms with Crippen molar-refractivity contribution in [2.24, 2.45) is 0 Å². The summed E-state index contributed by atoms with van der Waals surface area (Å²) in [5.41, 5.74) is 0. The molecule has 1 aliphatic rings. The van der Waals surface area contributed by atoms with E-state index in [2.05, 4.69) is 10.1 Å². The fourth-order valence-corrected chi connectivity index (χ4v) is 1.58. The quantitative estimate of drug-likeness (QED) is 0.513. The molecule has 0 radical (unpaired) electrons. The fraction of sp³-hybridized carbons (Fsp3) is 0.636. The van der Waals surface area contributed by atoms with Gasteiger partial charge in [-0.3, -0.25) is 24.1 Å². The summed E-state index contributed by atoms with van der Waals surface area (Å²) in [5.74, 6) is -1.65. The lowest BCUT2D eigenvalue weighted by molar-refractivity contribution is -0.144. The summed E-state index contributed by atoms with van der Waals surface area (Å²) in [6.45, 7) is 1.94. The Balaban J connectivity index is 2.35. The molecule has 0 aromatic rings. The predicted molar refractivity (Wildman–Crippen MR) is 60.2 cm³/mol. The number of carbonyl (C=O) groups excluding carboxylic acids is 4. The largest absolute Gasteiger partial charge is 0.466 e. The van der Waals surface area contributed by atoms with Crippen LogP contribution >= 0.6 is 0 Å². The Hall–Kier alpha value is -1.92. The maximum atomic E-state index is 11.5. The number of hydrogen-bond acceptors (Lipinski definition) is 5. The SMILES string of the molecule is CCOC(=O)CCC(=O)NC1CC(=O)N(C)C1=O. The molecule has 0 bridgehead atoms. The highest BCUT2D eigenvalue weighted by atomic mass is 16.5. The summed E-state index contributed by atoms with van der Waals surface area (Å²) in [4.78, 5) is 46.2. The molecule has 3 amide bonds. The van der Waals surface area contributed by atoms with Crippen molar-refractivity contribution < 1.29 is 23.9 Å². The molecular weight excluding hydrogens is 240 g/mol. The van der Waals surface area contributed by atoms with Gasteiger partial charge in [0.1, 0.15) is 6.04 Å². The zero-order chi connectivity index (χ0) is 13.7. The molecule has 18 heavy (non-hydrogen) atoms. The maximum absolute atomic E-state index is 11.5. The summed E-state index contributed by atoms with van der Waals surface area (Å²) in [7, 11) is 1.37. The molecule has 1 N–H and O–H groups in total. The molecule has 0 saturated carbocycles. The van der Waals surface area contributed by atoms with E-state index >= 15 is 0 Å². The maximum Gasteiger partial charge on any atom is 0.306 e. The molecule has 0 aromatic carbocycles. The molecule has 1 saturated heterocycles. The third kappa shape index (κ3) is 3.54. The van der Waals surface area contributed by atoms with E-state index in [0.717, 1.165) is 4.90 Å². The average molecular weight is 256 g/mol. The van der Waals surface area contributed by atoms with Gasteiger partial charge in [-0.05, 0) is 6.92 Å². The van der Waals surface area contributed by atoms with Gasteiger partial charge < -0.3 is 10.1 Å². The molecule has 0 aliphatic carbocycles. The van der Waals surface area contributed by atoms with E-state index in [-0.39, 0.29) is 31.8 Å². The van der Waals surface area contributed by atoms with E-state index in [1.807, 2.05) is 0 Å². The van der Waals surface area contributed by atoms with Crippen LogP contribution in [-0.4, -0.2) is 48.3 Å². The first kappa shape index (κ1) is 14.1. The Kier molecular flexibility index (Phi) is 4.82. The molecule has 1 unspecified atom stereocenters. The van der Waals surface area contributed by atoms with Gasteiger partial charge in [-0.1, -0.05) is 0 Å². The monoisotopic (exact) mass is 256 g/mol. The number of ether oxygens (including phenoxy) is 1. The zero-order valence-electron chi connectivity index (χ0n) is 10.4. The van der Waals surface area contributed by atoms with Gasteiger partial charge in [-0.2, -0.15) is 0 Å². The molecule has 1 fully saturated rings. The van der Waals surface area contributed by atoms with E-state index in [1.165, 1.54) is 7.05 Å². The van der Waals surface area contributed by atoms with Crippen LogP contribution in [0.3, 0.4) is 0 Å². The van der Waals surface area contributed by atoms with Crippen LogP contribution in [0.25, 0.3) is 0 Å². The number of hydrogen-bond donors (Lipinski definition) is 1. The molecule has 7 nitrogen and oxygen atoms in total. The minimum atomic E-state index is -0.808. The van der Waals surface area contributed by atoms with E-state index < -0.39 is 23.8 Å². The summed E-state index contributed by atoms with van der Waals surface area (Å²) in [5, 5.41) is 2.43. The molecule has 0 spiro atoms. The van der Waals surface area contributed by atoms with Crippen molar-refractivity contribution in [3.05, 3.63) is 0 Å². The lowest BCUT2D eigenvalue weighted by Crippen LogP contribution is -2.40. The lowest BCUT2D eigenvalue weighted by atomic mass is 10.2. The number of carbonyl (C=O) groups is 4. The van der Waals surface area contributed by atoms with E-state index in [0.29, 0.717) is 0 Å². The smallest absolute Gasteiger partial charge is 0.306 e. The van der Waals surface area contributed by atoms with Gasteiger partial charge in [0.25, 0.3) is 5.91 Å². The van der Waals surface area contributed by atoms with Gasteiger partial charge in [0.2, 0.25) is 11.8 Å². The highest BCUT2D eigenvalue weighted by Crippen LogP contribution is 2.10. The van der Waals surface area contributed by atoms with Crippen LogP contribution in [-0.2, 0) is 23.9 Å². The van der Waals surface area contributed by atoms with E-state index in [1.54, 1.807) is 6.92 Å². The molecule has 100 valence electrons. The topological polar surface area (TPSA) is 92.8 Å². The third-order valence-electron chi connectivity index (χ3n) is 2.58. The predicted octanol–water partition coefficient (Wildman–Crippen LogP) is -0.797. The highest BCUT2D eigenvalue weighted by Gasteiger charge is 2.36. The first-order chi connectivity index (χ1) is 8.45. The second-order valence-corrected chi connectivity index (χ2v) is 3.92. The fourth-order valence-electron chi connectivity index (χ4n) is 1.58. The zero-order valence-corrected chi connectivity index (χ0v) is 10.4. The van der Waals surface area contributed by atoms with Gasteiger partial charge in [0.05, 0.1) is 19.4 Å². The lowest BCUT2D eigenvalue weighted by Gasteiger charge is -2.10. The van der Waals surface area contributed by atoms with Gasteiger partial charge in [-0.15, -0.1) is 0 Å². The number of esters is 1. The van der Waals surface area contributed by atoms with Crippen LogP contribution < -0.4 is 5.32 Å². The summed E-state index contributed by atoms with van der Waals surface area (Å²) in [6.07, 6.45) is -0.120. The van der Waals surface area contributed by atoms with Gasteiger partial charge in [-0.25, -0.2) is 0 Å². The van der Waals surface area contributed by atoms with Crippen LogP contribution in [0.1, 0.15) is 26.2 Å². The van der Waals surface area contributed by atoms with Crippen molar-refractivity contribution in [3.8, 4) is 0 Å². The summed E-state index contributed by atoms with van der Waals surface area (Å²) < 4.78 is 4.67. The number of amides is 3. The molecule has 1 heterocycles. The Morgan fingerprint density at radius 2 is 2.06 bits per heavy atom. The van der Waals surface area contributed by atoms with Crippen molar-refractivity contribution in [2.45, 2.75) is 32.2 Å². The Morgan fingerprint density at radius 1 is 1.39 bits per heavy atom. The molecule has 0 aromatic heterocycles. The number of nitrogens with one attached hydrogen (secondary N) is 1. The number of likely N-dealkylation sites (N-methyl/N-ethyl adjacent to an activating group) is 1. The van der Waals surface area contributed by atoms with Crippen molar-refractivity contribution in [2.75, 3.05) is 13.7 Å². The number of imide groups is 1. The van der Waals surface area contributed by atoms with Crippen LogP contribution in [0.5, 0.6) is 0 Å². The number of likely N-dealkylation sites (tertiary alicyclic amines) is 1. The minimum Gasteiger partial charge on any atom is -0.466 e. The molecule has 7 heteroatoms. The van der Waals surface area contributed by atoms with Crippen LogP contribution in [0, 0.1) is 0 Å². The molecule has 1 atom stereocenters. The van der Waals surface area contributed by atoms with Crippen LogP contribution in [0.2, 0.25) is 0 Å². The van der Waals surface area contributed by atoms with E-state index in [9.17, 15) is 19.2 Å². The summed E-state index contributed by atoms with van der Waals surface area (Å²) in [6, 6.07) is -0.808. The van der Waals surface area contributed by atoms with E-state index in [4.69, 9.17) is 0 Å². The van der Waals surface area contributed by atoms with Gasteiger partial charge >= 0.3 is 5.97 Å². The molecule has 1 rings (SSSR count). The normalized spacial score (nSPS) is 19.0. The van der Waals surface area contributed by atoms with Crippen LogP contribution in [0.4, 0.5) is 0 Å².